The second kappa shape index (κ2) is 6.92. The minimum atomic E-state index is -3.35. The number of carbonyl (C=O) groups excluding carboxylic acids is 1. The van der Waals surface area contributed by atoms with Gasteiger partial charge in [0.05, 0.1) is 4.90 Å². The van der Waals surface area contributed by atoms with Gasteiger partial charge in [-0.3, -0.25) is 14.8 Å². The van der Waals surface area contributed by atoms with Gasteiger partial charge in [0.2, 0.25) is 0 Å². The Morgan fingerprint density at radius 1 is 1.15 bits per heavy atom. The van der Waals surface area contributed by atoms with E-state index in [4.69, 9.17) is 0 Å². The second-order valence-corrected chi connectivity index (χ2v) is 8.39. The Morgan fingerprint density at radius 2 is 1.89 bits per heavy atom. The van der Waals surface area contributed by atoms with E-state index in [1.54, 1.807) is 51.6 Å². The van der Waals surface area contributed by atoms with Crippen molar-refractivity contribution in [1.82, 2.24) is 24.8 Å². The molecule has 0 saturated heterocycles. The number of H-pyrrole nitrogens is 1. The van der Waals surface area contributed by atoms with Crippen LogP contribution < -0.4 is 0 Å². The van der Waals surface area contributed by atoms with E-state index >= 15 is 0 Å². The monoisotopic (exact) mass is 385 g/mol. The van der Waals surface area contributed by atoms with Gasteiger partial charge < -0.3 is 9.88 Å². The number of nitrogens with zero attached hydrogens (tertiary/aromatic N) is 4. The molecule has 0 saturated carbocycles. The lowest BCUT2D eigenvalue weighted by Crippen LogP contribution is -2.22. The van der Waals surface area contributed by atoms with Crippen LogP contribution in [0.4, 0.5) is 0 Å². The first-order chi connectivity index (χ1) is 12.7. The number of pyridine rings is 2. The zero-order valence-electron chi connectivity index (χ0n) is 15.4. The number of hydrogen-bond donors (Lipinski definition) is 1. The van der Waals surface area contributed by atoms with Crippen LogP contribution in [-0.2, 0) is 9.84 Å². The van der Waals surface area contributed by atoms with E-state index in [-0.39, 0.29) is 10.8 Å². The van der Waals surface area contributed by atoms with E-state index < -0.39 is 9.84 Å². The number of imidazole rings is 1. The summed E-state index contributed by atoms with van der Waals surface area (Å²) >= 11 is 0. The molecule has 0 aromatic carbocycles. The van der Waals surface area contributed by atoms with Crippen molar-refractivity contribution < 1.29 is 13.2 Å². The topological polar surface area (TPSA) is 109 Å². The van der Waals surface area contributed by atoms with Crippen LogP contribution in [0.5, 0.6) is 0 Å². The standard InChI is InChI=1S/C18H19N5O3S/c1-11-16(18(24)23(2)3)22-17(21-11)15-8-12(5-6-20-15)13-7-14(10-19-9-13)27(4,25)26/h5-10H,1-4H3,(H,21,22). The first-order valence-electron chi connectivity index (χ1n) is 8.07. The molecule has 1 amide bonds. The maximum Gasteiger partial charge on any atom is 0.273 e. The third-order valence-corrected chi connectivity index (χ3v) is 5.05. The number of aromatic amines is 1. The summed E-state index contributed by atoms with van der Waals surface area (Å²) in [4.78, 5) is 29.6. The van der Waals surface area contributed by atoms with Crippen molar-refractivity contribution in [1.29, 1.82) is 0 Å². The van der Waals surface area contributed by atoms with Crippen molar-refractivity contribution in [2.45, 2.75) is 11.8 Å². The van der Waals surface area contributed by atoms with Crippen LogP contribution in [-0.4, -0.2) is 59.5 Å². The first-order valence-corrected chi connectivity index (χ1v) is 9.96. The van der Waals surface area contributed by atoms with Crippen LogP contribution >= 0.6 is 0 Å². The molecule has 0 aliphatic rings. The van der Waals surface area contributed by atoms with E-state index in [9.17, 15) is 13.2 Å². The number of amides is 1. The van der Waals surface area contributed by atoms with E-state index in [1.807, 2.05) is 0 Å². The fourth-order valence-corrected chi connectivity index (χ4v) is 3.11. The summed E-state index contributed by atoms with van der Waals surface area (Å²) in [5.74, 6) is 0.267. The molecule has 0 bridgehead atoms. The van der Waals surface area contributed by atoms with Crippen LogP contribution in [0.15, 0.2) is 41.7 Å². The number of nitrogens with one attached hydrogen (secondary N) is 1. The Morgan fingerprint density at radius 3 is 2.56 bits per heavy atom. The minimum Gasteiger partial charge on any atom is -0.343 e. The molecule has 3 rings (SSSR count). The maximum absolute atomic E-state index is 12.2. The summed E-state index contributed by atoms with van der Waals surface area (Å²) in [5, 5.41) is 0. The predicted octanol–water partition coefficient (Wildman–Crippen LogP) is 1.95. The Balaban J connectivity index is 2.03. The Labute approximate surface area is 157 Å². The maximum atomic E-state index is 12.2. The average molecular weight is 385 g/mol. The van der Waals surface area contributed by atoms with Crippen LogP contribution in [0, 0.1) is 6.92 Å². The molecule has 9 heteroatoms. The Kier molecular flexibility index (Phi) is 4.79. The Hall–Kier alpha value is -3.07. The lowest BCUT2D eigenvalue weighted by molar-refractivity contribution is 0.0822. The van der Waals surface area contributed by atoms with Crippen molar-refractivity contribution >= 4 is 15.7 Å². The van der Waals surface area contributed by atoms with Gasteiger partial charge in [-0.15, -0.1) is 0 Å². The van der Waals surface area contributed by atoms with Crippen LogP contribution in [0.3, 0.4) is 0 Å². The molecule has 0 aliphatic carbocycles. The third-order valence-electron chi connectivity index (χ3n) is 3.97. The quantitative estimate of drug-likeness (QED) is 0.735. The Bertz CT molecular complexity index is 1120. The van der Waals surface area contributed by atoms with Gasteiger partial charge in [-0.25, -0.2) is 13.4 Å². The van der Waals surface area contributed by atoms with Crippen molar-refractivity contribution in [3.63, 3.8) is 0 Å². The highest BCUT2D eigenvalue weighted by Crippen LogP contribution is 2.25. The number of carbonyl (C=O) groups is 1. The predicted molar refractivity (Wildman–Crippen MR) is 101 cm³/mol. The van der Waals surface area contributed by atoms with Gasteiger partial charge in [0.15, 0.2) is 15.7 Å². The van der Waals surface area contributed by atoms with Gasteiger partial charge in [0.1, 0.15) is 11.4 Å². The summed E-state index contributed by atoms with van der Waals surface area (Å²) < 4.78 is 23.5. The fraction of sp³-hybridized carbons (Fsp3) is 0.222. The SMILES string of the molecule is Cc1[nH]c(-c2cc(-c3cncc(S(C)(=O)=O)c3)ccn2)nc1C(=O)N(C)C. The molecule has 3 heterocycles. The van der Waals surface area contributed by atoms with Crippen LogP contribution in [0.2, 0.25) is 0 Å². The number of aromatic nitrogens is 4. The molecule has 0 unspecified atom stereocenters. The summed E-state index contributed by atoms with van der Waals surface area (Å²) in [5.41, 5.74) is 2.92. The van der Waals surface area contributed by atoms with Crippen molar-refractivity contribution in [3.8, 4) is 22.6 Å². The molecule has 0 atom stereocenters. The van der Waals surface area contributed by atoms with Crippen molar-refractivity contribution in [2.75, 3.05) is 20.4 Å². The highest BCUT2D eigenvalue weighted by Gasteiger charge is 2.18. The summed E-state index contributed by atoms with van der Waals surface area (Å²) in [6.45, 7) is 1.77. The van der Waals surface area contributed by atoms with Gasteiger partial charge in [-0.1, -0.05) is 0 Å². The van der Waals surface area contributed by atoms with Gasteiger partial charge in [-0.05, 0) is 30.7 Å². The van der Waals surface area contributed by atoms with Gasteiger partial charge in [0.25, 0.3) is 5.91 Å². The fourth-order valence-electron chi connectivity index (χ4n) is 2.52. The molecule has 3 aromatic rings. The molecule has 140 valence electrons. The summed E-state index contributed by atoms with van der Waals surface area (Å²) in [6.07, 6.45) is 5.64. The third kappa shape index (κ3) is 3.87. The molecule has 0 spiro atoms. The number of sulfone groups is 1. The van der Waals surface area contributed by atoms with Crippen LogP contribution in [0.25, 0.3) is 22.6 Å². The van der Waals surface area contributed by atoms with E-state index in [2.05, 4.69) is 19.9 Å². The zero-order valence-corrected chi connectivity index (χ0v) is 16.2. The number of aryl methyl sites for hydroxylation is 1. The van der Waals surface area contributed by atoms with Gasteiger partial charge >= 0.3 is 0 Å². The minimum absolute atomic E-state index is 0.145. The highest BCUT2D eigenvalue weighted by atomic mass is 32.2. The smallest absolute Gasteiger partial charge is 0.273 e. The first kappa shape index (κ1) is 18.7. The highest BCUT2D eigenvalue weighted by molar-refractivity contribution is 7.90. The molecule has 0 aliphatic heterocycles. The average Bonchev–Trinajstić information content (AvgIpc) is 3.02. The normalized spacial score (nSPS) is 11.4. The molecule has 3 aromatic heterocycles. The zero-order chi connectivity index (χ0) is 19.8. The second-order valence-electron chi connectivity index (χ2n) is 6.37. The molecule has 0 fully saturated rings. The van der Waals surface area contributed by atoms with Crippen molar-refractivity contribution in [3.05, 3.63) is 48.2 Å². The molecule has 0 radical (unpaired) electrons. The summed E-state index contributed by atoms with van der Waals surface area (Å²) in [6, 6.07) is 5.09. The van der Waals surface area contributed by atoms with Crippen LogP contribution in [0.1, 0.15) is 16.2 Å². The van der Waals surface area contributed by atoms with Gasteiger partial charge in [0, 0.05) is 50.2 Å². The summed E-state index contributed by atoms with van der Waals surface area (Å²) in [7, 11) is -0.0274. The van der Waals surface area contributed by atoms with E-state index in [1.165, 1.54) is 11.1 Å². The molecule has 27 heavy (non-hydrogen) atoms. The molecule has 8 nitrogen and oxygen atoms in total. The molecular formula is C18H19N5O3S. The lowest BCUT2D eigenvalue weighted by atomic mass is 10.1. The largest absolute Gasteiger partial charge is 0.343 e. The number of rotatable bonds is 4. The molecule has 1 N–H and O–H groups in total. The van der Waals surface area contributed by atoms with Crippen molar-refractivity contribution in [2.24, 2.45) is 0 Å². The molecular weight excluding hydrogens is 366 g/mol. The van der Waals surface area contributed by atoms with E-state index in [0.717, 1.165) is 11.8 Å². The van der Waals surface area contributed by atoms with E-state index in [0.29, 0.717) is 28.5 Å². The lowest BCUT2D eigenvalue weighted by Gasteiger charge is -2.07. The number of hydrogen-bond acceptors (Lipinski definition) is 6. The van der Waals surface area contributed by atoms with Gasteiger partial charge in [-0.2, -0.15) is 0 Å².